The second-order valence-corrected chi connectivity index (χ2v) is 8.70. The lowest BCUT2D eigenvalue weighted by molar-refractivity contribution is -0.155. The van der Waals surface area contributed by atoms with Crippen LogP contribution in [0.4, 0.5) is 5.69 Å². The second-order valence-electron chi connectivity index (χ2n) is 8.27. The van der Waals surface area contributed by atoms with Crippen molar-refractivity contribution >= 4 is 35.1 Å². The van der Waals surface area contributed by atoms with Gasteiger partial charge in [0.25, 0.3) is 0 Å². The molecule has 0 aromatic heterocycles. The van der Waals surface area contributed by atoms with Gasteiger partial charge < -0.3 is 20.1 Å². The third-order valence-electron chi connectivity index (χ3n) is 6.23. The van der Waals surface area contributed by atoms with Gasteiger partial charge in [0.2, 0.25) is 11.8 Å². The SMILES string of the molecule is CCC[C@@H]1C=C[C@H]2[C@H](C(=O)N(CCCO)[C@@H]2C(=O)Nc2ccc(Cl)cc2)[C@@H]1C(=O)OCC. The summed E-state index contributed by atoms with van der Waals surface area (Å²) in [6, 6.07) is 5.97. The number of halogens is 1. The van der Waals surface area contributed by atoms with Gasteiger partial charge in [-0.1, -0.05) is 37.1 Å². The number of nitrogens with one attached hydrogen (secondary N) is 1. The van der Waals surface area contributed by atoms with Crippen LogP contribution in [-0.4, -0.2) is 53.6 Å². The first-order valence-corrected chi connectivity index (χ1v) is 11.6. The Kier molecular flexibility index (Phi) is 8.32. The molecule has 0 bridgehead atoms. The predicted molar refractivity (Wildman–Crippen MR) is 122 cm³/mol. The highest BCUT2D eigenvalue weighted by Gasteiger charge is 2.57. The number of carbonyl (C=O) groups excluding carboxylic acids is 3. The zero-order chi connectivity index (χ0) is 23.3. The number of hydrogen-bond donors (Lipinski definition) is 2. The van der Waals surface area contributed by atoms with E-state index in [0.29, 0.717) is 17.1 Å². The molecule has 2 aliphatic rings. The fraction of sp³-hybridized carbons (Fsp3) is 0.542. The van der Waals surface area contributed by atoms with Crippen LogP contribution in [0.5, 0.6) is 0 Å². The van der Waals surface area contributed by atoms with Crippen molar-refractivity contribution in [2.45, 2.75) is 39.2 Å². The van der Waals surface area contributed by atoms with Crippen LogP contribution in [0.25, 0.3) is 0 Å². The molecule has 1 aromatic carbocycles. The van der Waals surface area contributed by atoms with E-state index in [9.17, 15) is 19.5 Å². The fourth-order valence-electron chi connectivity index (χ4n) is 4.90. The third-order valence-corrected chi connectivity index (χ3v) is 6.48. The monoisotopic (exact) mass is 462 g/mol. The minimum atomic E-state index is -0.773. The average molecular weight is 463 g/mol. The summed E-state index contributed by atoms with van der Waals surface area (Å²) < 4.78 is 5.34. The Morgan fingerprint density at radius 3 is 2.53 bits per heavy atom. The fourth-order valence-corrected chi connectivity index (χ4v) is 5.02. The van der Waals surface area contributed by atoms with Gasteiger partial charge in [0.15, 0.2) is 0 Å². The molecule has 0 radical (unpaired) electrons. The van der Waals surface area contributed by atoms with Gasteiger partial charge in [-0.05, 0) is 49.9 Å². The van der Waals surface area contributed by atoms with E-state index in [1.165, 1.54) is 4.90 Å². The van der Waals surface area contributed by atoms with Crippen molar-refractivity contribution in [2.24, 2.45) is 23.7 Å². The maximum absolute atomic E-state index is 13.5. The summed E-state index contributed by atoms with van der Waals surface area (Å²) in [6.45, 7) is 4.16. The number of anilines is 1. The summed E-state index contributed by atoms with van der Waals surface area (Å²) in [5, 5.41) is 12.8. The molecule has 2 N–H and O–H groups in total. The third kappa shape index (κ3) is 4.99. The lowest BCUT2D eigenvalue weighted by Gasteiger charge is -2.33. The maximum Gasteiger partial charge on any atom is 0.310 e. The molecular weight excluding hydrogens is 432 g/mol. The molecule has 1 saturated heterocycles. The van der Waals surface area contributed by atoms with Gasteiger partial charge in [0, 0.05) is 29.8 Å². The van der Waals surface area contributed by atoms with Crippen molar-refractivity contribution in [1.82, 2.24) is 4.90 Å². The molecule has 2 amide bonds. The number of hydrogen-bond acceptors (Lipinski definition) is 5. The topological polar surface area (TPSA) is 95.9 Å². The molecule has 5 atom stereocenters. The van der Waals surface area contributed by atoms with E-state index in [0.717, 1.165) is 12.8 Å². The molecule has 0 saturated carbocycles. The molecule has 1 fully saturated rings. The Labute approximate surface area is 193 Å². The molecular formula is C24H31ClN2O5. The van der Waals surface area contributed by atoms with Crippen molar-refractivity contribution in [1.29, 1.82) is 0 Å². The van der Waals surface area contributed by atoms with E-state index >= 15 is 0 Å². The van der Waals surface area contributed by atoms with Crippen LogP contribution in [0.2, 0.25) is 5.02 Å². The molecule has 7 nitrogen and oxygen atoms in total. The van der Waals surface area contributed by atoms with Crippen LogP contribution in [0, 0.1) is 23.7 Å². The Morgan fingerprint density at radius 2 is 1.91 bits per heavy atom. The number of amides is 2. The summed E-state index contributed by atoms with van der Waals surface area (Å²) in [4.78, 5) is 41.3. The predicted octanol–water partition coefficient (Wildman–Crippen LogP) is 3.27. The molecule has 32 heavy (non-hydrogen) atoms. The zero-order valence-corrected chi connectivity index (χ0v) is 19.3. The van der Waals surface area contributed by atoms with E-state index in [1.54, 1.807) is 31.2 Å². The van der Waals surface area contributed by atoms with Crippen LogP contribution in [0.15, 0.2) is 36.4 Å². The Hall–Kier alpha value is -2.38. The minimum absolute atomic E-state index is 0.0970. The van der Waals surface area contributed by atoms with E-state index in [-0.39, 0.29) is 43.5 Å². The number of carbonyl (C=O) groups is 3. The highest BCUT2D eigenvalue weighted by Crippen LogP contribution is 2.45. The summed E-state index contributed by atoms with van der Waals surface area (Å²) in [7, 11) is 0. The van der Waals surface area contributed by atoms with E-state index in [4.69, 9.17) is 16.3 Å². The van der Waals surface area contributed by atoms with E-state index in [1.807, 2.05) is 19.1 Å². The van der Waals surface area contributed by atoms with Crippen LogP contribution < -0.4 is 5.32 Å². The first kappa shape index (κ1) is 24.3. The highest BCUT2D eigenvalue weighted by molar-refractivity contribution is 6.30. The van der Waals surface area contributed by atoms with Crippen molar-refractivity contribution in [3.63, 3.8) is 0 Å². The van der Waals surface area contributed by atoms with E-state index < -0.39 is 23.8 Å². The largest absolute Gasteiger partial charge is 0.466 e. The van der Waals surface area contributed by atoms with Gasteiger partial charge in [0.1, 0.15) is 6.04 Å². The lowest BCUT2D eigenvalue weighted by Crippen LogP contribution is -2.44. The summed E-state index contributed by atoms with van der Waals surface area (Å²) in [6.07, 6.45) is 5.86. The summed E-state index contributed by atoms with van der Waals surface area (Å²) in [5.74, 6) is -2.79. The number of aliphatic hydroxyl groups is 1. The molecule has 174 valence electrons. The van der Waals surface area contributed by atoms with E-state index in [2.05, 4.69) is 5.32 Å². The molecule has 1 aliphatic carbocycles. The van der Waals surface area contributed by atoms with Gasteiger partial charge >= 0.3 is 5.97 Å². The van der Waals surface area contributed by atoms with Gasteiger partial charge in [-0.2, -0.15) is 0 Å². The Morgan fingerprint density at radius 1 is 1.19 bits per heavy atom. The first-order valence-electron chi connectivity index (χ1n) is 11.3. The number of fused-ring (bicyclic) bond motifs is 1. The number of likely N-dealkylation sites (tertiary alicyclic amines) is 1. The van der Waals surface area contributed by atoms with Crippen LogP contribution in [0.3, 0.4) is 0 Å². The van der Waals surface area contributed by atoms with Crippen LogP contribution in [-0.2, 0) is 19.1 Å². The molecule has 1 aromatic rings. The number of rotatable bonds is 9. The van der Waals surface area contributed by atoms with Crippen LogP contribution >= 0.6 is 11.6 Å². The molecule has 1 heterocycles. The number of esters is 1. The first-order chi connectivity index (χ1) is 15.4. The van der Waals surface area contributed by atoms with Gasteiger partial charge in [-0.3, -0.25) is 14.4 Å². The van der Waals surface area contributed by atoms with Crippen molar-refractivity contribution < 1.29 is 24.2 Å². The molecule has 0 unspecified atom stereocenters. The minimum Gasteiger partial charge on any atom is -0.466 e. The second kappa shape index (κ2) is 11.0. The Balaban J connectivity index is 1.95. The number of allylic oxidation sites excluding steroid dienone is 1. The Bertz CT molecular complexity index is 856. The molecule has 0 spiro atoms. The van der Waals surface area contributed by atoms with Crippen molar-refractivity contribution in [3.05, 3.63) is 41.4 Å². The molecule has 1 aliphatic heterocycles. The van der Waals surface area contributed by atoms with Gasteiger partial charge in [-0.15, -0.1) is 0 Å². The molecule has 3 rings (SSSR count). The average Bonchev–Trinajstić information content (AvgIpc) is 3.06. The van der Waals surface area contributed by atoms with Gasteiger partial charge in [-0.25, -0.2) is 0 Å². The summed E-state index contributed by atoms with van der Waals surface area (Å²) >= 11 is 5.93. The van der Waals surface area contributed by atoms with Gasteiger partial charge in [0.05, 0.1) is 18.4 Å². The van der Waals surface area contributed by atoms with Crippen molar-refractivity contribution in [2.75, 3.05) is 25.1 Å². The molecule has 8 heteroatoms. The zero-order valence-electron chi connectivity index (χ0n) is 18.5. The number of ether oxygens (including phenoxy) is 1. The quantitative estimate of drug-likeness (QED) is 0.433. The smallest absolute Gasteiger partial charge is 0.310 e. The number of aliphatic hydroxyl groups excluding tert-OH is 1. The lowest BCUT2D eigenvalue weighted by atomic mass is 9.69. The highest BCUT2D eigenvalue weighted by atomic mass is 35.5. The normalized spacial score (nSPS) is 26.7. The standard InChI is InChI=1S/C24H31ClN2O5/c1-3-6-15-7-12-18-20(19(15)24(31)32-4-2)23(30)27(13-5-14-28)21(18)22(29)26-17-10-8-16(25)9-11-17/h7-12,15,18-21,28H,3-6,13-14H2,1-2H3,(H,26,29)/t15-,18+,19-,20+,21+/m1/s1. The van der Waals surface area contributed by atoms with Crippen molar-refractivity contribution in [3.8, 4) is 0 Å². The number of benzene rings is 1. The summed E-state index contributed by atoms with van der Waals surface area (Å²) in [5.41, 5.74) is 0.572. The number of nitrogens with zero attached hydrogens (tertiary/aromatic N) is 1. The maximum atomic E-state index is 13.5. The van der Waals surface area contributed by atoms with Crippen LogP contribution in [0.1, 0.15) is 33.1 Å².